The molecule has 1 aliphatic heterocycles. The van der Waals surface area contributed by atoms with Crippen molar-refractivity contribution in [2.45, 2.75) is 12.5 Å². The topological polar surface area (TPSA) is 84.7 Å². The summed E-state index contributed by atoms with van der Waals surface area (Å²) in [5, 5.41) is 6.37. The first kappa shape index (κ1) is 18.7. The molecule has 0 aliphatic carbocycles. The number of carbonyl (C=O) groups is 2. The Morgan fingerprint density at radius 1 is 1.24 bits per heavy atom. The molecule has 0 bridgehead atoms. The molecule has 0 unspecified atom stereocenters. The molecule has 3 aromatic rings. The van der Waals surface area contributed by atoms with Crippen molar-refractivity contribution in [3.63, 3.8) is 0 Å². The van der Waals surface area contributed by atoms with E-state index in [0.29, 0.717) is 12.2 Å². The Kier molecular flexibility index (Phi) is 4.99. The smallest absolute Gasteiger partial charge is 0.274 e. The Hall–Kier alpha value is -3.68. The van der Waals surface area contributed by atoms with Crippen molar-refractivity contribution in [1.82, 2.24) is 10.5 Å². The predicted octanol–water partition coefficient (Wildman–Crippen LogP) is 2.56. The fraction of sp³-hybridized carbons (Fsp3) is 0.190. The lowest BCUT2D eigenvalue weighted by atomic mass is 10.1. The van der Waals surface area contributed by atoms with Crippen LogP contribution in [0.1, 0.15) is 21.8 Å². The van der Waals surface area contributed by atoms with Crippen LogP contribution in [0.15, 0.2) is 59.1 Å². The summed E-state index contributed by atoms with van der Waals surface area (Å²) in [5.41, 5.74) is 1.12. The third kappa shape index (κ3) is 3.82. The van der Waals surface area contributed by atoms with E-state index in [1.165, 1.54) is 25.2 Å². The van der Waals surface area contributed by atoms with Gasteiger partial charge < -0.3 is 19.5 Å². The van der Waals surface area contributed by atoms with Gasteiger partial charge in [-0.3, -0.25) is 9.59 Å². The normalized spacial score (nSPS) is 16.0. The van der Waals surface area contributed by atoms with Crippen LogP contribution >= 0.6 is 0 Å². The maximum absolute atomic E-state index is 14.1. The molecule has 0 fully saturated rings. The summed E-state index contributed by atoms with van der Waals surface area (Å²) in [5.74, 6) is -0.877. The Morgan fingerprint density at radius 2 is 2.03 bits per heavy atom. The predicted molar refractivity (Wildman–Crippen MR) is 102 cm³/mol. The number of rotatable bonds is 4. The third-order valence-electron chi connectivity index (χ3n) is 4.64. The van der Waals surface area contributed by atoms with Gasteiger partial charge in [-0.25, -0.2) is 4.39 Å². The van der Waals surface area contributed by atoms with Crippen molar-refractivity contribution in [1.29, 1.82) is 0 Å². The molecular weight excluding hydrogens is 377 g/mol. The van der Waals surface area contributed by atoms with E-state index in [-0.39, 0.29) is 23.7 Å². The molecule has 0 radical (unpaired) electrons. The zero-order valence-corrected chi connectivity index (χ0v) is 15.6. The van der Waals surface area contributed by atoms with E-state index in [1.54, 1.807) is 6.07 Å². The van der Waals surface area contributed by atoms with E-state index in [9.17, 15) is 14.0 Å². The molecule has 0 saturated heterocycles. The molecule has 1 aliphatic rings. The van der Waals surface area contributed by atoms with Crippen molar-refractivity contribution >= 4 is 17.5 Å². The second-order valence-electron chi connectivity index (χ2n) is 6.66. The number of nitrogens with zero attached hydrogens (tertiary/aromatic N) is 2. The number of aromatic nitrogens is 1. The average Bonchev–Trinajstić information content (AvgIpc) is 3.15. The quantitative estimate of drug-likeness (QED) is 0.734. The zero-order valence-electron chi connectivity index (χ0n) is 15.6. The summed E-state index contributed by atoms with van der Waals surface area (Å²) >= 11 is 0. The monoisotopic (exact) mass is 395 g/mol. The second kappa shape index (κ2) is 7.75. The Balaban J connectivity index is 1.46. The number of nitrogens with one attached hydrogen (secondary N) is 1. The summed E-state index contributed by atoms with van der Waals surface area (Å²) in [4.78, 5) is 26.4. The number of likely N-dealkylation sites (N-methyl/N-ethyl adjacent to an activating group) is 1. The Morgan fingerprint density at radius 3 is 2.83 bits per heavy atom. The van der Waals surface area contributed by atoms with Crippen LogP contribution in [-0.2, 0) is 11.2 Å². The number of para-hydroxylation sites is 1. The van der Waals surface area contributed by atoms with Gasteiger partial charge in [-0.1, -0.05) is 41.6 Å². The second-order valence-corrected chi connectivity index (χ2v) is 6.66. The number of ether oxygens (including phenoxy) is 1. The lowest BCUT2D eigenvalue weighted by Crippen LogP contribution is -2.49. The molecular formula is C21H18FN3O4. The summed E-state index contributed by atoms with van der Waals surface area (Å²) in [6.45, 7) is -0.125. The van der Waals surface area contributed by atoms with Gasteiger partial charge in [-0.15, -0.1) is 0 Å². The fourth-order valence-electron chi connectivity index (χ4n) is 3.16. The van der Waals surface area contributed by atoms with Crippen molar-refractivity contribution in [2.75, 3.05) is 18.6 Å². The van der Waals surface area contributed by atoms with Gasteiger partial charge in [0, 0.05) is 19.5 Å². The van der Waals surface area contributed by atoms with Gasteiger partial charge in [0.25, 0.3) is 11.8 Å². The van der Waals surface area contributed by atoms with Crippen LogP contribution in [0.25, 0.3) is 0 Å². The fourth-order valence-corrected chi connectivity index (χ4v) is 3.16. The van der Waals surface area contributed by atoms with E-state index < -0.39 is 23.7 Å². The molecule has 8 heteroatoms. The zero-order chi connectivity index (χ0) is 20.4. The van der Waals surface area contributed by atoms with Crippen LogP contribution < -0.4 is 15.0 Å². The molecule has 7 nitrogen and oxygen atoms in total. The highest BCUT2D eigenvalue weighted by atomic mass is 19.1. The first-order valence-corrected chi connectivity index (χ1v) is 9.02. The van der Waals surface area contributed by atoms with Crippen LogP contribution in [0.5, 0.6) is 5.75 Å². The van der Waals surface area contributed by atoms with Crippen LogP contribution in [0.3, 0.4) is 0 Å². The molecule has 148 valence electrons. The number of fused-ring (bicyclic) bond motifs is 1. The van der Waals surface area contributed by atoms with Crippen molar-refractivity contribution in [3.8, 4) is 5.75 Å². The van der Waals surface area contributed by atoms with E-state index in [1.807, 2.05) is 30.3 Å². The van der Waals surface area contributed by atoms with Gasteiger partial charge in [0.1, 0.15) is 29.8 Å². The SMILES string of the molecule is CN1C(=O)[C@@H](NC(=O)c2cc(Cc3ccccc3)on2)COc2cccc(F)c21. The molecule has 4 rings (SSSR count). The van der Waals surface area contributed by atoms with E-state index in [0.717, 1.165) is 10.5 Å². The van der Waals surface area contributed by atoms with Crippen LogP contribution in [-0.4, -0.2) is 36.7 Å². The molecule has 2 amide bonds. The van der Waals surface area contributed by atoms with E-state index >= 15 is 0 Å². The van der Waals surface area contributed by atoms with Crippen molar-refractivity contribution in [3.05, 3.63) is 77.4 Å². The van der Waals surface area contributed by atoms with Gasteiger partial charge in [0.05, 0.1) is 0 Å². The highest BCUT2D eigenvalue weighted by Crippen LogP contribution is 2.33. The standard InChI is InChI=1S/C21H18FN3O4/c1-25-19-15(22)8-5-9-18(19)28-12-17(21(25)27)23-20(26)16-11-14(29-24-16)10-13-6-3-2-4-7-13/h2-9,11,17H,10,12H2,1H3,(H,23,26)/t17-/m0/s1. The molecule has 1 aromatic heterocycles. The molecule has 2 heterocycles. The summed E-state index contributed by atoms with van der Waals surface area (Å²) in [6, 6.07) is 14.5. The lowest BCUT2D eigenvalue weighted by molar-refractivity contribution is -0.120. The number of benzene rings is 2. The lowest BCUT2D eigenvalue weighted by Gasteiger charge is -2.20. The van der Waals surface area contributed by atoms with E-state index in [4.69, 9.17) is 9.26 Å². The Labute approximate surface area is 166 Å². The highest BCUT2D eigenvalue weighted by molar-refractivity contribution is 6.02. The van der Waals surface area contributed by atoms with Gasteiger partial charge in [0.2, 0.25) is 0 Å². The minimum Gasteiger partial charge on any atom is -0.489 e. The minimum atomic E-state index is -0.992. The summed E-state index contributed by atoms with van der Waals surface area (Å²) in [6.07, 6.45) is 0.490. The molecule has 1 N–H and O–H groups in total. The minimum absolute atomic E-state index is 0.0424. The number of hydrogen-bond donors (Lipinski definition) is 1. The van der Waals surface area contributed by atoms with Gasteiger partial charge in [0.15, 0.2) is 11.5 Å². The molecule has 0 spiro atoms. The highest BCUT2D eigenvalue weighted by Gasteiger charge is 2.32. The van der Waals surface area contributed by atoms with Crippen LogP contribution in [0.2, 0.25) is 0 Å². The maximum atomic E-state index is 14.1. The van der Waals surface area contributed by atoms with Gasteiger partial charge >= 0.3 is 0 Å². The molecule has 0 saturated carbocycles. The van der Waals surface area contributed by atoms with Crippen LogP contribution in [0, 0.1) is 5.82 Å². The number of carbonyl (C=O) groups excluding carboxylic acids is 2. The first-order chi connectivity index (χ1) is 14.0. The largest absolute Gasteiger partial charge is 0.489 e. The molecule has 29 heavy (non-hydrogen) atoms. The van der Waals surface area contributed by atoms with E-state index in [2.05, 4.69) is 10.5 Å². The summed E-state index contributed by atoms with van der Waals surface area (Å²) < 4.78 is 24.9. The molecule has 1 atom stereocenters. The van der Waals surface area contributed by atoms with Gasteiger partial charge in [-0.2, -0.15) is 0 Å². The van der Waals surface area contributed by atoms with Crippen molar-refractivity contribution < 1.29 is 23.2 Å². The third-order valence-corrected chi connectivity index (χ3v) is 4.64. The number of anilines is 1. The summed E-state index contributed by atoms with van der Waals surface area (Å²) in [7, 11) is 1.44. The van der Waals surface area contributed by atoms with Crippen LogP contribution in [0.4, 0.5) is 10.1 Å². The maximum Gasteiger partial charge on any atom is 0.274 e. The average molecular weight is 395 g/mol. The first-order valence-electron chi connectivity index (χ1n) is 9.02. The number of hydrogen-bond acceptors (Lipinski definition) is 5. The number of halogens is 1. The number of amides is 2. The molecule has 2 aromatic carbocycles. The van der Waals surface area contributed by atoms with Gasteiger partial charge in [-0.05, 0) is 17.7 Å². The Bertz CT molecular complexity index is 1050. The van der Waals surface area contributed by atoms with Crippen molar-refractivity contribution in [2.24, 2.45) is 0 Å².